The highest BCUT2D eigenvalue weighted by atomic mass is 17.1. The minimum atomic E-state index is -0.994. The van der Waals surface area contributed by atoms with Gasteiger partial charge in [-0.1, -0.05) is 0 Å². The molecule has 6 atom stereocenters. The summed E-state index contributed by atoms with van der Waals surface area (Å²) in [6.45, 7) is 1.27. The van der Waals surface area contributed by atoms with Gasteiger partial charge in [-0.2, -0.15) is 0 Å². The monoisotopic (exact) mass is 476 g/mol. The van der Waals surface area contributed by atoms with Crippen LogP contribution in [0, 0.1) is 35.5 Å². The summed E-state index contributed by atoms with van der Waals surface area (Å²) in [6, 6.07) is 0. The van der Waals surface area contributed by atoms with Crippen LogP contribution in [0.25, 0.3) is 0 Å². The standard InChI is InChI=1S/C21H36N2O10/c24-19(18-8-13(10-32-29)2-5-17(18)21(27)28)22-6-1-7-23-31-11-16-9-14(20(25)26)3-4-15(16)12-33-30/h13-18,23,29-30H,1-12H2,(H,22,24)(H,25,26)(H,27,28). The summed E-state index contributed by atoms with van der Waals surface area (Å²) in [7, 11) is 0. The van der Waals surface area contributed by atoms with Gasteiger partial charge in [-0.05, 0) is 62.7 Å². The average molecular weight is 477 g/mol. The SMILES string of the molecule is O=C(O)C1CCC(COO)C(CONCCCNC(=O)C2CC(COO)CCC2C(=O)O)C1. The van der Waals surface area contributed by atoms with Gasteiger partial charge in [0, 0.05) is 13.1 Å². The maximum Gasteiger partial charge on any atom is 0.307 e. The molecule has 0 aromatic carbocycles. The zero-order chi connectivity index (χ0) is 24.2. The number of amides is 1. The van der Waals surface area contributed by atoms with Gasteiger partial charge in [0.1, 0.15) is 0 Å². The third-order valence-electron chi connectivity index (χ3n) is 6.86. The van der Waals surface area contributed by atoms with Gasteiger partial charge < -0.3 is 20.4 Å². The topological polar surface area (TPSA) is 184 Å². The minimum Gasteiger partial charge on any atom is -0.481 e. The lowest BCUT2D eigenvalue weighted by atomic mass is 9.74. The van der Waals surface area contributed by atoms with E-state index in [1.165, 1.54) is 0 Å². The quantitative estimate of drug-likeness (QED) is 0.120. The molecule has 2 fully saturated rings. The van der Waals surface area contributed by atoms with E-state index in [4.69, 9.17) is 15.4 Å². The van der Waals surface area contributed by atoms with Crippen LogP contribution in [0.15, 0.2) is 0 Å². The third-order valence-corrected chi connectivity index (χ3v) is 6.86. The van der Waals surface area contributed by atoms with Crippen molar-refractivity contribution in [3.63, 3.8) is 0 Å². The normalized spacial score (nSPS) is 30.0. The molecule has 0 radical (unpaired) electrons. The van der Waals surface area contributed by atoms with Gasteiger partial charge in [-0.15, -0.1) is 0 Å². The van der Waals surface area contributed by atoms with Crippen LogP contribution in [0.4, 0.5) is 0 Å². The van der Waals surface area contributed by atoms with Gasteiger partial charge in [0.05, 0.1) is 37.6 Å². The number of carboxylic acids is 2. The smallest absolute Gasteiger partial charge is 0.307 e. The van der Waals surface area contributed by atoms with Crippen molar-refractivity contribution in [2.24, 2.45) is 35.5 Å². The van der Waals surface area contributed by atoms with Crippen LogP contribution in [0.3, 0.4) is 0 Å². The van der Waals surface area contributed by atoms with Crippen molar-refractivity contribution < 1.29 is 49.7 Å². The molecule has 2 saturated carbocycles. The molecule has 0 saturated heterocycles. The van der Waals surface area contributed by atoms with Gasteiger partial charge in [0.15, 0.2) is 0 Å². The second kappa shape index (κ2) is 14.4. The molecule has 190 valence electrons. The molecular weight excluding hydrogens is 440 g/mol. The number of carboxylic acid groups (broad SMARTS) is 2. The molecule has 6 N–H and O–H groups in total. The molecule has 0 aliphatic heterocycles. The fourth-order valence-corrected chi connectivity index (χ4v) is 4.91. The second-order valence-electron chi connectivity index (χ2n) is 9.04. The molecule has 12 nitrogen and oxygen atoms in total. The van der Waals surface area contributed by atoms with Crippen molar-refractivity contribution >= 4 is 17.8 Å². The molecule has 2 aliphatic rings. The summed E-state index contributed by atoms with van der Waals surface area (Å²) < 4.78 is 0. The van der Waals surface area contributed by atoms with Gasteiger partial charge in [0.2, 0.25) is 5.91 Å². The van der Waals surface area contributed by atoms with Crippen LogP contribution >= 0.6 is 0 Å². The Morgan fingerprint density at radius 3 is 2.21 bits per heavy atom. The summed E-state index contributed by atoms with van der Waals surface area (Å²) in [6.07, 6.45) is 3.49. The fourth-order valence-electron chi connectivity index (χ4n) is 4.91. The fraction of sp³-hybridized carbons (Fsp3) is 0.857. The average Bonchev–Trinajstić information content (AvgIpc) is 2.79. The Morgan fingerprint density at radius 1 is 0.788 bits per heavy atom. The Kier molecular flexibility index (Phi) is 12.0. The van der Waals surface area contributed by atoms with Gasteiger partial charge in [-0.3, -0.25) is 24.9 Å². The highest BCUT2D eigenvalue weighted by Crippen LogP contribution is 2.35. The van der Waals surface area contributed by atoms with E-state index < -0.39 is 29.7 Å². The molecule has 33 heavy (non-hydrogen) atoms. The van der Waals surface area contributed by atoms with Crippen LogP contribution in [0.5, 0.6) is 0 Å². The molecule has 2 aliphatic carbocycles. The molecule has 2 rings (SSSR count). The van der Waals surface area contributed by atoms with E-state index in [0.29, 0.717) is 58.0 Å². The first-order valence-corrected chi connectivity index (χ1v) is 11.5. The van der Waals surface area contributed by atoms with Crippen LogP contribution in [0.1, 0.15) is 44.9 Å². The van der Waals surface area contributed by atoms with Crippen molar-refractivity contribution in [2.45, 2.75) is 44.9 Å². The number of nitrogens with one attached hydrogen (secondary N) is 2. The van der Waals surface area contributed by atoms with Crippen molar-refractivity contribution in [1.29, 1.82) is 0 Å². The first kappa shape index (κ1) is 27.4. The second-order valence-corrected chi connectivity index (χ2v) is 9.04. The molecule has 0 bridgehead atoms. The van der Waals surface area contributed by atoms with E-state index >= 15 is 0 Å². The Labute approximate surface area is 192 Å². The molecule has 0 spiro atoms. The Morgan fingerprint density at radius 2 is 1.55 bits per heavy atom. The summed E-state index contributed by atoms with van der Waals surface area (Å²) in [4.78, 5) is 49.2. The summed E-state index contributed by atoms with van der Waals surface area (Å²) >= 11 is 0. The Bertz CT molecular complexity index is 634. The van der Waals surface area contributed by atoms with E-state index in [9.17, 15) is 24.6 Å². The zero-order valence-corrected chi connectivity index (χ0v) is 18.7. The van der Waals surface area contributed by atoms with Gasteiger partial charge in [0.25, 0.3) is 0 Å². The molecule has 0 aromatic heterocycles. The largest absolute Gasteiger partial charge is 0.481 e. The maximum absolute atomic E-state index is 12.5. The Hall–Kier alpha value is -1.83. The number of carbonyl (C=O) groups excluding carboxylic acids is 1. The molecular formula is C21H36N2O10. The van der Waals surface area contributed by atoms with Crippen LogP contribution in [0.2, 0.25) is 0 Å². The first-order chi connectivity index (χ1) is 15.9. The Balaban J connectivity index is 1.67. The van der Waals surface area contributed by atoms with Gasteiger partial charge >= 0.3 is 11.9 Å². The predicted octanol–water partition coefficient (Wildman–Crippen LogP) is 1.23. The van der Waals surface area contributed by atoms with E-state index in [2.05, 4.69) is 20.6 Å². The van der Waals surface area contributed by atoms with Crippen molar-refractivity contribution in [1.82, 2.24) is 10.8 Å². The van der Waals surface area contributed by atoms with Crippen LogP contribution < -0.4 is 10.8 Å². The number of rotatable bonds is 14. The molecule has 1 amide bonds. The predicted molar refractivity (Wildman–Crippen MR) is 113 cm³/mol. The van der Waals surface area contributed by atoms with E-state index in [-0.39, 0.29) is 43.5 Å². The lowest BCUT2D eigenvalue weighted by Gasteiger charge is -2.33. The van der Waals surface area contributed by atoms with E-state index in [0.717, 1.165) is 0 Å². The molecule has 6 unspecified atom stereocenters. The third kappa shape index (κ3) is 8.80. The summed E-state index contributed by atoms with van der Waals surface area (Å²) in [5.41, 5.74) is 2.80. The molecule has 12 heteroatoms. The highest BCUT2D eigenvalue weighted by molar-refractivity contribution is 5.84. The number of hydrogen-bond donors (Lipinski definition) is 6. The molecule has 0 aromatic rings. The number of carbonyl (C=O) groups is 3. The minimum absolute atomic E-state index is 0.0180. The number of hydrogen-bond acceptors (Lipinski definition) is 9. The van der Waals surface area contributed by atoms with Crippen molar-refractivity contribution in [2.75, 3.05) is 32.9 Å². The molecule has 0 heterocycles. The summed E-state index contributed by atoms with van der Waals surface area (Å²) in [5, 5.41) is 38.8. The van der Waals surface area contributed by atoms with Crippen LogP contribution in [-0.2, 0) is 29.0 Å². The maximum atomic E-state index is 12.5. The first-order valence-electron chi connectivity index (χ1n) is 11.5. The lowest BCUT2D eigenvalue weighted by molar-refractivity contribution is -0.257. The number of aliphatic carboxylic acids is 2. The zero-order valence-electron chi connectivity index (χ0n) is 18.7. The van der Waals surface area contributed by atoms with Crippen LogP contribution in [-0.4, -0.2) is 71.5 Å². The van der Waals surface area contributed by atoms with Crippen molar-refractivity contribution in [3.05, 3.63) is 0 Å². The van der Waals surface area contributed by atoms with Gasteiger partial charge in [-0.25, -0.2) is 15.3 Å². The summed E-state index contributed by atoms with van der Waals surface area (Å²) in [5.74, 6) is -4.09. The van der Waals surface area contributed by atoms with E-state index in [1.807, 2.05) is 0 Å². The van der Waals surface area contributed by atoms with Crippen molar-refractivity contribution in [3.8, 4) is 0 Å². The van der Waals surface area contributed by atoms with E-state index in [1.54, 1.807) is 0 Å². The lowest BCUT2D eigenvalue weighted by Crippen LogP contribution is -2.43. The highest BCUT2D eigenvalue weighted by Gasteiger charge is 2.39. The number of hydroxylamine groups is 1.